The predicted molar refractivity (Wildman–Crippen MR) is 67.6 cm³/mol. The molecule has 3 N–H and O–H groups in total. The average molecular weight is 247 g/mol. The molecule has 0 atom stereocenters. The Bertz CT molecular complexity index is 563. The van der Waals surface area contributed by atoms with Crippen molar-refractivity contribution in [2.75, 3.05) is 0 Å². The predicted octanol–water partition coefficient (Wildman–Crippen LogP) is 2.73. The summed E-state index contributed by atoms with van der Waals surface area (Å²) >= 11 is 1.39. The van der Waals surface area contributed by atoms with Crippen LogP contribution in [0.3, 0.4) is 0 Å². The number of hydrogen-bond donors (Lipinski definition) is 2. The van der Waals surface area contributed by atoms with Crippen molar-refractivity contribution in [1.82, 2.24) is 4.98 Å². The SMILES string of the molecule is Cc1coc(Sc2c(C)cccc2C(=N)N)n1. The zero-order chi connectivity index (χ0) is 12.4. The summed E-state index contributed by atoms with van der Waals surface area (Å²) in [5.74, 6) is 0.0551. The van der Waals surface area contributed by atoms with E-state index in [0.29, 0.717) is 10.8 Å². The first-order chi connectivity index (χ1) is 8.08. The molecular weight excluding hydrogens is 234 g/mol. The highest BCUT2D eigenvalue weighted by Gasteiger charge is 2.12. The van der Waals surface area contributed by atoms with Gasteiger partial charge in [0, 0.05) is 10.5 Å². The van der Waals surface area contributed by atoms with Gasteiger partial charge in [0.15, 0.2) is 0 Å². The van der Waals surface area contributed by atoms with E-state index in [-0.39, 0.29) is 5.84 Å². The molecular formula is C12H13N3OS. The summed E-state index contributed by atoms with van der Waals surface area (Å²) in [7, 11) is 0. The van der Waals surface area contributed by atoms with E-state index in [9.17, 15) is 0 Å². The van der Waals surface area contributed by atoms with Gasteiger partial charge >= 0.3 is 0 Å². The molecule has 0 aliphatic heterocycles. The summed E-state index contributed by atoms with van der Waals surface area (Å²) in [5, 5.41) is 8.13. The smallest absolute Gasteiger partial charge is 0.260 e. The van der Waals surface area contributed by atoms with Crippen LogP contribution in [0.2, 0.25) is 0 Å². The Kier molecular flexibility index (Phi) is 3.19. The van der Waals surface area contributed by atoms with Gasteiger partial charge in [-0.3, -0.25) is 5.41 Å². The minimum Gasteiger partial charge on any atom is -0.439 e. The van der Waals surface area contributed by atoms with Crippen molar-refractivity contribution >= 4 is 17.6 Å². The third kappa shape index (κ3) is 2.50. The van der Waals surface area contributed by atoms with E-state index >= 15 is 0 Å². The minimum absolute atomic E-state index is 0.0551. The molecule has 0 aliphatic rings. The molecule has 2 aromatic rings. The highest BCUT2D eigenvalue weighted by atomic mass is 32.2. The van der Waals surface area contributed by atoms with Crippen LogP contribution in [-0.4, -0.2) is 10.8 Å². The summed E-state index contributed by atoms with van der Waals surface area (Å²) in [4.78, 5) is 5.15. The fourth-order valence-electron chi connectivity index (χ4n) is 1.47. The van der Waals surface area contributed by atoms with Crippen molar-refractivity contribution in [2.45, 2.75) is 24.0 Å². The van der Waals surface area contributed by atoms with E-state index in [1.807, 2.05) is 32.0 Å². The molecule has 0 aliphatic carbocycles. The summed E-state index contributed by atoms with van der Waals surface area (Å²) in [6.45, 7) is 3.85. The van der Waals surface area contributed by atoms with Gasteiger partial charge in [-0.2, -0.15) is 0 Å². The van der Waals surface area contributed by atoms with Gasteiger partial charge in [-0.15, -0.1) is 0 Å². The standard InChI is InChI=1S/C12H13N3OS/c1-7-4-3-5-9(11(13)14)10(7)17-12-15-8(2)6-16-12/h3-6H,1-2H3,(H3,13,14). The largest absolute Gasteiger partial charge is 0.439 e. The first-order valence-corrected chi connectivity index (χ1v) is 5.93. The molecule has 4 nitrogen and oxygen atoms in total. The molecule has 1 heterocycles. The van der Waals surface area contributed by atoms with Gasteiger partial charge in [0.05, 0.1) is 5.69 Å². The van der Waals surface area contributed by atoms with Gasteiger partial charge in [0.25, 0.3) is 5.22 Å². The summed E-state index contributed by atoms with van der Waals surface area (Å²) in [5.41, 5.74) is 8.17. The first-order valence-electron chi connectivity index (χ1n) is 5.12. The number of amidine groups is 1. The van der Waals surface area contributed by atoms with E-state index in [1.54, 1.807) is 6.26 Å². The number of nitrogens with two attached hydrogens (primary N) is 1. The number of nitrogen functional groups attached to an aromatic ring is 1. The maximum Gasteiger partial charge on any atom is 0.260 e. The zero-order valence-electron chi connectivity index (χ0n) is 9.65. The number of aryl methyl sites for hydroxylation is 2. The lowest BCUT2D eigenvalue weighted by Crippen LogP contribution is -2.12. The molecule has 17 heavy (non-hydrogen) atoms. The highest BCUT2D eigenvalue weighted by Crippen LogP contribution is 2.32. The molecule has 5 heteroatoms. The second kappa shape index (κ2) is 4.63. The topological polar surface area (TPSA) is 75.9 Å². The third-order valence-electron chi connectivity index (χ3n) is 2.29. The lowest BCUT2D eigenvalue weighted by molar-refractivity contribution is 0.454. The van der Waals surface area contributed by atoms with Gasteiger partial charge in [0.1, 0.15) is 12.1 Å². The van der Waals surface area contributed by atoms with E-state index in [4.69, 9.17) is 15.6 Å². The number of benzene rings is 1. The molecule has 0 spiro atoms. The Hall–Kier alpha value is -1.75. The molecule has 1 aromatic heterocycles. The Morgan fingerprint density at radius 1 is 1.41 bits per heavy atom. The van der Waals surface area contributed by atoms with Crippen LogP contribution >= 0.6 is 11.8 Å². The number of nitrogens with one attached hydrogen (secondary N) is 1. The van der Waals surface area contributed by atoms with Gasteiger partial charge in [0.2, 0.25) is 0 Å². The van der Waals surface area contributed by atoms with Crippen molar-refractivity contribution in [3.8, 4) is 0 Å². The van der Waals surface area contributed by atoms with E-state index < -0.39 is 0 Å². The van der Waals surface area contributed by atoms with Crippen molar-refractivity contribution in [3.05, 3.63) is 41.3 Å². The van der Waals surface area contributed by atoms with Crippen LogP contribution in [0.4, 0.5) is 0 Å². The van der Waals surface area contributed by atoms with Crippen molar-refractivity contribution < 1.29 is 4.42 Å². The molecule has 0 bridgehead atoms. The second-order valence-electron chi connectivity index (χ2n) is 3.72. The monoisotopic (exact) mass is 247 g/mol. The number of rotatable bonds is 3. The second-order valence-corrected chi connectivity index (χ2v) is 4.68. The Balaban J connectivity index is 2.40. The molecule has 0 saturated carbocycles. The zero-order valence-corrected chi connectivity index (χ0v) is 10.5. The summed E-state index contributed by atoms with van der Waals surface area (Å²) < 4.78 is 5.30. The third-order valence-corrected chi connectivity index (χ3v) is 3.40. The van der Waals surface area contributed by atoms with Gasteiger partial charge in [-0.1, -0.05) is 18.2 Å². The fourth-order valence-corrected chi connectivity index (χ4v) is 2.44. The Labute approximate surface area is 104 Å². The molecule has 0 unspecified atom stereocenters. The average Bonchev–Trinajstić information content (AvgIpc) is 2.67. The number of hydrogen-bond acceptors (Lipinski definition) is 4. The van der Waals surface area contributed by atoms with E-state index in [0.717, 1.165) is 16.2 Å². The molecule has 0 amide bonds. The molecule has 1 aromatic carbocycles. The number of nitrogens with zero attached hydrogens (tertiary/aromatic N) is 1. The Morgan fingerprint density at radius 2 is 2.18 bits per heavy atom. The molecule has 0 saturated heterocycles. The van der Waals surface area contributed by atoms with Crippen molar-refractivity contribution in [1.29, 1.82) is 5.41 Å². The maximum atomic E-state index is 7.56. The van der Waals surface area contributed by atoms with Gasteiger partial charge < -0.3 is 10.2 Å². The highest BCUT2D eigenvalue weighted by molar-refractivity contribution is 7.99. The van der Waals surface area contributed by atoms with Crippen LogP contribution in [0.5, 0.6) is 0 Å². The quantitative estimate of drug-likeness (QED) is 0.646. The molecule has 0 fully saturated rings. The number of aromatic nitrogens is 1. The van der Waals surface area contributed by atoms with Crippen LogP contribution < -0.4 is 5.73 Å². The van der Waals surface area contributed by atoms with Crippen LogP contribution in [-0.2, 0) is 0 Å². The molecule has 88 valence electrons. The first kappa shape index (κ1) is 11.7. The molecule has 0 radical (unpaired) electrons. The summed E-state index contributed by atoms with van der Waals surface area (Å²) in [6.07, 6.45) is 1.61. The van der Waals surface area contributed by atoms with Crippen LogP contribution in [0.15, 0.2) is 39.0 Å². The lowest BCUT2D eigenvalue weighted by Gasteiger charge is -2.08. The van der Waals surface area contributed by atoms with Crippen molar-refractivity contribution in [2.24, 2.45) is 5.73 Å². The van der Waals surface area contributed by atoms with Gasteiger partial charge in [-0.05, 0) is 31.2 Å². The summed E-state index contributed by atoms with van der Waals surface area (Å²) in [6, 6.07) is 5.69. The minimum atomic E-state index is 0.0551. The van der Waals surface area contributed by atoms with Crippen LogP contribution in [0.1, 0.15) is 16.8 Å². The van der Waals surface area contributed by atoms with E-state index in [2.05, 4.69) is 4.98 Å². The normalized spacial score (nSPS) is 10.5. The van der Waals surface area contributed by atoms with Crippen LogP contribution in [0, 0.1) is 19.3 Å². The lowest BCUT2D eigenvalue weighted by atomic mass is 10.1. The van der Waals surface area contributed by atoms with E-state index in [1.165, 1.54) is 11.8 Å². The maximum absolute atomic E-state index is 7.56. The van der Waals surface area contributed by atoms with Crippen molar-refractivity contribution in [3.63, 3.8) is 0 Å². The van der Waals surface area contributed by atoms with Crippen LogP contribution in [0.25, 0.3) is 0 Å². The Morgan fingerprint density at radius 3 is 2.76 bits per heavy atom. The number of oxazole rings is 1. The van der Waals surface area contributed by atoms with Gasteiger partial charge in [-0.25, -0.2) is 4.98 Å². The fraction of sp³-hybridized carbons (Fsp3) is 0.167. The molecule has 2 rings (SSSR count).